The quantitative estimate of drug-likeness (QED) is 0.755. The van der Waals surface area contributed by atoms with Crippen molar-refractivity contribution in [1.82, 2.24) is 4.98 Å². The maximum Gasteiger partial charge on any atom is 0.194 e. The van der Waals surface area contributed by atoms with E-state index in [1.54, 1.807) is 6.20 Å². The molecule has 0 radical (unpaired) electrons. The highest BCUT2D eigenvalue weighted by molar-refractivity contribution is 6.08. The molecule has 1 heterocycles. The molecule has 0 amide bonds. The third-order valence-electron chi connectivity index (χ3n) is 3.21. The van der Waals surface area contributed by atoms with Crippen LogP contribution >= 0.6 is 0 Å². The topological polar surface area (TPSA) is 30.0 Å². The largest absolute Gasteiger partial charge is 0.289 e. The average Bonchev–Trinajstić information content (AvgIpc) is 2.46. The number of carbonyl (C=O) groups excluding carboxylic acids is 1. The zero-order chi connectivity index (χ0) is 13.7. The molecule has 0 aliphatic carbocycles. The molecule has 0 saturated carbocycles. The van der Waals surface area contributed by atoms with Crippen LogP contribution in [0.4, 0.5) is 0 Å². The van der Waals surface area contributed by atoms with Gasteiger partial charge in [-0.15, -0.1) is 0 Å². The summed E-state index contributed by atoms with van der Waals surface area (Å²) in [4.78, 5) is 16.4. The fraction of sp³-hybridized carbons (Fsp3) is 0.294. The van der Waals surface area contributed by atoms with E-state index < -0.39 is 0 Å². The van der Waals surface area contributed by atoms with Gasteiger partial charge in [0.2, 0.25) is 0 Å². The van der Waals surface area contributed by atoms with Crippen molar-refractivity contribution in [2.45, 2.75) is 33.1 Å². The lowest BCUT2D eigenvalue weighted by Gasteiger charge is -2.04. The molecule has 19 heavy (non-hydrogen) atoms. The van der Waals surface area contributed by atoms with Crippen molar-refractivity contribution in [1.29, 1.82) is 0 Å². The Balaban J connectivity index is 2.13. The van der Waals surface area contributed by atoms with Gasteiger partial charge in [0, 0.05) is 23.0 Å². The molecule has 0 bridgehead atoms. The molecule has 0 spiro atoms. The minimum absolute atomic E-state index is 0.0366. The molecule has 0 fully saturated rings. The Hall–Kier alpha value is -1.96. The predicted octanol–water partition coefficient (Wildman–Crippen LogP) is 3.96. The Morgan fingerprint density at radius 3 is 2.32 bits per heavy atom. The molecule has 0 aliphatic heterocycles. The third kappa shape index (κ3) is 3.50. The van der Waals surface area contributed by atoms with Crippen LogP contribution in [0, 0.1) is 6.92 Å². The van der Waals surface area contributed by atoms with E-state index in [0.29, 0.717) is 5.56 Å². The molecule has 2 nitrogen and oxygen atoms in total. The summed E-state index contributed by atoms with van der Waals surface area (Å²) in [5.41, 5.74) is 3.59. The van der Waals surface area contributed by atoms with Gasteiger partial charge in [-0.05, 0) is 37.5 Å². The van der Waals surface area contributed by atoms with Gasteiger partial charge in [-0.2, -0.15) is 0 Å². The lowest BCUT2D eigenvalue weighted by Crippen LogP contribution is -2.02. The highest BCUT2D eigenvalue weighted by Crippen LogP contribution is 2.12. The Kier molecular flexibility index (Phi) is 4.45. The first-order valence-corrected chi connectivity index (χ1v) is 6.77. The molecule has 2 aromatic rings. The van der Waals surface area contributed by atoms with E-state index in [2.05, 4.69) is 11.9 Å². The fourth-order valence-electron chi connectivity index (χ4n) is 1.97. The molecule has 0 aliphatic rings. The molecule has 98 valence electrons. The molecular weight excluding hydrogens is 234 g/mol. The first-order chi connectivity index (χ1) is 9.20. The van der Waals surface area contributed by atoms with Crippen LogP contribution in [-0.2, 0) is 6.42 Å². The lowest BCUT2D eigenvalue weighted by atomic mass is 10.0. The number of hydrogen-bond donors (Lipinski definition) is 0. The summed E-state index contributed by atoms with van der Waals surface area (Å²) in [5, 5.41) is 0. The monoisotopic (exact) mass is 253 g/mol. The number of nitrogens with zero attached hydrogens (tertiary/aromatic N) is 1. The number of ketones is 1. The van der Waals surface area contributed by atoms with E-state index in [1.807, 2.05) is 43.3 Å². The van der Waals surface area contributed by atoms with Crippen LogP contribution in [0.15, 0.2) is 42.6 Å². The van der Waals surface area contributed by atoms with Crippen molar-refractivity contribution < 1.29 is 4.79 Å². The summed E-state index contributed by atoms with van der Waals surface area (Å²) < 4.78 is 0. The van der Waals surface area contributed by atoms with Crippen molar-refractivity contribution >= 4 is 5.78 Å². The van der Waals surface area contributed by atoms with Gasteiger partial charge in [0.1, 0.15) is 0 Å². The first kappa shape index (κ1) is 13.5. The van der Waals surface area contributed by atoms with Crippen LogP contribution < -0.4 is 0 Å². The van der Waals surface area contributed by atoms with Crippen molar-refractivity contribution in [2.75, 3.05) is 0 Å². The highest BCUT2D eigenvalue weighted by Gasteiger charge is 2.08. The predicted molar refractivity (Wildman–Crippen MR) is 77.5 cm³/mol. The minimum atomic E-state index is 0.0366. The van der Waals surface area contributed by atoms with E-state index in [0.717, 1.165) is 17.7 Å². The van der Waals surface area contributed by atoms with E-state index in [4.69, 9.17) is 0 Å². The van der Waals surface area contributed by atoms with Gasteiger partial charge in [0.25, 0.3) is 0 Å². The molecule has 0 N–H and O–H groups in total. The molecule has 1 aromatic heterocycles. The van der Waals surface area contributed by atoms with E-state index in [9.17, 15) is 4.79 Å². The number of unbranched alkanes of at least 4 members (excludes halogenated alkanes) is 1. The van der Waals surface area contributed by atoms with Crippen molar-refractivity contribution in [3.05, 3.63) is 65.0 Å². The minimum Gasteiger partial charge on any atom is -0.289 e. The summed E-state index contributed by atoms with van der Waals surface area (Å²) in [6, 6.07) is 11.6. The molecule has 0 saturated heterocycles. The van der Waals surface area contributed by atoms with Gasteiger partial charge in [0.05, 0.1) is 0 Å². The van der Waals surface area contributed by atoms with Gasteiger partial charge >= 0.3 is 0 Å². The summed E-state index contributed by atoms with van der Waals surface area (Å²) >= 11 is 0. The fourth-order valence-corrected chi connectivity index (χ4v) is 1.97. The molecule has 2 rings (SSSR count). The third-order valence-corrected chi connectivity index (χ3v) is 3.21. The lowest BCUT2D eigenvalue weighted by molar-refractivity contribution is 0.103. The van der Waals surface area contributed by atoms with Gasteiger partial charge in [-0.3, -0.25) is 9.78 Å². The number of pyridine rings is 1. The molecule has 0 unspecified atom stereocenters. The van der Waals surface area contributed by atoms with Crippen LogP contribution in [0.2, 0.25) is 0 Å². The molecule has 1 aromatic carbocycles. The zero-order valence-electron chi connectivity index (χ0n) is 11.5. The van der Waals surface area contributed by atoms with Crippen molar-refractivity contribution in [2.24, 2.45) is 0 Å². The number of rotatable bonds is 5. The average molecular weight is 253 g/mol. The van der Waals surface area contributed by atoms with Crippen LogP contribution in [0.3, 0.4) is 0 Å². The number of carbonyl (C=O) groups is 1. The van der Waals surface area contributed by atoms with E-state index in [-0.39, 0.29) is 5.78 Å². The van der Waals surface area contributed by atoms with E-state index in [1.165, 1.54) is 18.4 Å². The summed E-state index contributed by atoms with van der Waals surface area (Å²) in [6.45, 7) is 4.10. The second-order valence-corrected chi connectivity index (χ2v) is 4.82. The van der Waals surface area contributed by atoms with Crippen molar-refractivity contribution in [3.8, 4) is 0 Å². The number of aryl methyl sites for hydroxylation is 2. The molecule has 2 heteroatoms. The number of benzene rings is 1. The molecular formula is C17H19NO. The maximum absolute atomic E-state index is 12.2. The van der Waals surface area contributed by atoms with Gasteiger partial charge in [-0.1, -0.05) is 37.6 Å². The maximum atomic E-state index is 12.2. The SMILES string of the molecule is CCCCc1ccc(C(=O)c2ccc(C)nc2)cc1. The smallest absolute Gasteiger partial charge is 0.194 e. The summed E-state index contributed by atoms with van der Waals surface area (Å²) in [5.74, 6) is 0.0366. The Labute approximate surface area is 114 Å². The number of hydrogen-bond acceptors (Lipinski definition) is 2. The van der Waals surface area contributed by atoms with Crippen LogP contribution in [-0.4, -0.2) is 10.8 Å². The Morgan fingerprint density at radius 1 is 1.05 bits per heavy atom. The second-order valence-electron chi connectivity index (χ2n) is 4.82. The van der Waals surface area contributed by atoms with Crippen LogP contribution in [0.25, 0.3) is 0 Å². The van der Waals surface area contributed by atoms with Gasteiger partial charge in [-0.25, -0.2) is 0 Å². The first-order valence-electron chi connectivity index (χ1n) is 6.77. The van der Waals surface area contributed by atoms with E-state index >= 15 is 0 Å². The number of aromatic nitrogens is 1. The van der Waals surface area contributed by atoms with Crippen LogP contribution in [0.1, 0.15) is 46.9 Å². The Bertz CT molecular complexity index is 540. The molecule has 0 atom stereocenters. The second kappa shape index (κ2) is 6.28. The summed E-state index contributed by atoms with van der Waals surface area (Å²) in [7, 11) is 0. The highest BCUT2D eigenvalue weighted by atomic mass is 16.1. The van der Waals surface area contributed by atoms with Crippen molar-refractivity contribution in [3.63, 3.8) is 0 Å². The zero-order valence-corrected chi connectivity index (χ0v) is 11.5. The van der Waals surface area contributed by atoms with Gasteiger partial charge < -0.3 is 0 Å². The Morgan fingerprint density at radius 2 is 1.74 bits per heavy atom. The summed E-state index contributed by atoms with van der Waals surface area (Å²) in [6.07, 6.45) is 5.10. The van der Waals surface area contributed by atoms with Crippen LogP contribution in [0.5, 0.6) is 0 Å². The normalized spacial score (nSPS) is 10.4. The van der Waals surface area contributed by atoms with Gasteiger partial charge in [0.15, 0.2) is 5.78 Å². The standard InChI is InChI=1S/C17H19NO/c1-3-4-5-14-7-10-15(11-8-14)17(19)16-9-6-13(2)18-12-16/h6-12H,3-5H2,1-2H3.